The average molecular weight is 883 g/mol. The first-order valence-corrected chi connectivity index (χ1v) is 25.1. The number of unbranched alkanes of at least 4 members (excludes halogenated alkanes) is 27. The standard InChI is InChI=1S/C50H90O12/c51-43(52)33-23-16-12-9-7-5-3-1-2-4-6-8-10-15-20-31-41-50(48(61)62,42-32-27-37-47(59)60)49(40-30-22-26-36-46(57)58,39-29-21-18-25-35-45(55)56)38-28-19-14-11-13-17-24-34-44(53)54/h1-42H2,(H,51,52)(H,53,54)(H,55,56)(H,57,58)(H,59,60)(H,61,62). The highest BCUT2D eigenvalue weighted by Crippen LogP contribution is 2.57. The second kappa shape index (κ2) is 39.4. The van der Waals surface area contributed by atoms with E-state index in [1.54, 1.807) is 0 Å². The van der Waals surface area contributed by atoms with Crippen molar-refractivity contribution in [1.82, 2.24) is 0 Å². The Kier molecular flexibility index (Phi) is 37.4. The van der Waals surface area contributed by atoms with Gasteiger partial charge in [0.1, 0.15) is 0 Å². The summed E-state index contributed by atoms with van der Waals surface area (Å²) in [6.45, 7) is 0. The SMILES string of the molecule is O=C(O)CCCCCCCCCCCCCCCCCCC(CCCCC(=O)O)(C(=O)O)C(CCCCCCCCCC(=O)O)(CCCCCCC(=O)O)CCCCCC(=O)O. The molecular weight excluding hydrogens is 793 g/mol. The minimum atomic E-state index is -1.06. The molecule has 2 unspecified atom stereocenters. The molecule has 2 atom stereocenters. The van der Waals surface area contributed by atoms with E-state index < -0.39 is 46.6 Å². The maximum absolute atomic E-state index is 14.0. The molecule has 0 heterocycles. The minimum Gasteiger partial charge on any atom is -0.481 e. The molecule has 0 saturated heterocycles. The van der Waals surface area contributed by atoms with Crippen LogP contribution >= 0.6 is 0 Å². The van der Waals surface area contributed by atoms with E-state index in [0.717, 1.165) is 122 Å². The van der Waals surface area contributed by atoms with E-state index in [2.05, 4.69) is 0 Å². The summed E-state index contributed by atoms with van der Waals surface area (Å²) in [7, 11) is 0. The molecule has 0 aliphatic heterocycles. The zero-order chi connectivity index (χ0) is 46.2. The summed E-state index contributed by atoms with van der Waals surface area (Å²) >= 11 is 0. The molecule has 0 aromatic rings. The molecule has 12 nitrogen and oxygen atoms in total. The highest BCUT2D eigenvalue weighted by Gasteiger charge is 2.54. The second-order valence-corrected chi connectivity index (χ2v) is 18.4. The summed E-state index contributed by atoms with van der Waals surface area (Å²) in [6.07, 6.45) is 33.4. The van der Waals surface area contributed by atoms with E-state index in [1.807, 2.05) is 0 Å². The van der Waals surface area contributed by atoms with Crippen molar-refractivity contribution in [3.8, 4) is 0 Å². The van der Waals surface area contributed by atoms with Gasteiger partial charge < -0.3 is 30.6 Å². The number of carbonyl (C=O) groups is 6. The van der Waals surface area contributed by atoms with Gasteiger partial charge in [0.15, 0.2) is 0 Å². The van der Waals surface area contributed by atoms with E-state index in [9.17, 15) is 49.2 Å². The average Bonchev–Trinajstić information content (AvgIpc) is 3.20. The summed E-state index contributed by atoms with van der Waals surface area (Å²) in [5.41, 5.74) is -1.63. The van der Waals surface area contributed by atoms with Crippen LogP contribution in [0.5, 0.6) is 0 Å². The van der Waals surface area contributed by atoms with Gasteiger partial charge in [0, 0.05) is 32.1 Å². The lowest BCUT2D eigenvalue weighted by Gasteiger charge is -2.50. The first-order valence-electron chi connectivity index (χ1n) is 25.1. The fourth-order valence-corrected chi connectivity index (χ4v) is 9.70. The first-order chi connectivity index (χ1) is 29.8. The van der Waals surface area contributed by atoms with Crippen LogP contribution in [-0.2, 0) is 28.8 Å². The zero-order valence-corrected chi connectivity index (χ0v) is 38.8. The van der Waals surface area contributed by atoms with Crippen molar-refractivity contribution in [2.75, 3.05) is 0 Å². The zero-order valence-electron chi connectivity index (χ0n) is 38.8. The van der Waals surface area contributed by atoms with Crippen molar-refractivity contribution in [3.05, 3.63) is 0 Å². The van der Waals surface area contributed by atoms with Gasteiger partial charge in [-0.05, 0) is 69.6 Å². The van der Waals surface area contributed by atoms with Crippen LogP contribution in [0.1, 0.15) is 270 Å². The quantitative estimate of drug-likeness (QED) is 0.0314. The molecule has 0 aliphatic carbocycles. The van der Waals surface area contributed by atoms with Crippen LogP contribution in [0.25, 0.3) is 0 Å². The molecule has 62 heavy (non-hydrogen) atoms. The van der Waals surface area contributed by atoms with Crippen molar-refractivity contribution < 1.29 is 59.4 Å². The van der Waals surface area contributed by atoms with Crippen molar-refractivity contribution in [3.63, 3.8) is 0 Å². The molecule has 362 valence electrons. The van der Waals surface area contributed by atoms with Crippen molar-refractivity contribution >= 4 is 35.8 Å². The minimum absolute atomic E-state index is 0.00842. The van der Waals surface area contributed by atoms with Crippen LogP contribution in [0.15, 0.2) is 0 Å². The number of aliphatic carboxylic acids is 6. The van der Waals surface area contributed by atoms with Crippen molar-refractivity contribution in [2.24, 2.45) is 10.8 Å². The Morgan fingerprint density at radius 2 is 0.387 bits per heavy atom. The number of hydrogen-bond acceptors (Lipinski definition) is 6. The monoisotopic (exact) mass is 883 g/mol. The molecule has 0 aliphatic rings. The molecular formula is C50H90O12. The van der Waals surface area contributed by atoms with Gasteiger partial charge in [-0.25, -0.2) is 0 Å². The highest BCUT2D eigenvalue weighted by molar-refractivity contribution is 5.76. The van der Waals surface area contributed by atoms with Crippen molar-refractivity contribution in [2.45, 2.75) is 270 Å². The van der Waals surface area contributed by atoms with Gasteiger partial charge >= 0.3 is 35.8 Å². The fraction of sp³-hybridized carbons (Fsp3) is 0.880. The van der Waals surface area contributed by atoms with Crippen LogP contribution in [0.2, 0.25) is 0 Å². The molecule has 0 spiro atoms. The van der Waals surface area contributed by atoms with E-state index in [-0.39, 0.29) is 32.1 Å². The van der Waals surface area contributed by atoms with Crippen LogP contribution in [-0.4, -0.2) is 66.5 Å². The number of hydrogen-bond donors (Lipinski definition) is 6. The first kappa shape index (κ1) is 58.8. The molecule has 0 amide bonds. The Hall–Kier alpha value is -3.18. The molecule has 0 aromatic heterocycles. The lowest BCUT2D eigenvalue weighted by molar-refractivity contribution is -0.164. The van der Waals surface area contributed by atoms with Crippen molar-refractivity contribution in [1.29, 1.82) is 0 Å². The van der Waals surface area contributed by atoms with Crippen LogP contribution < -0.4 is 0 Å². The Balaban J connectivity index is 5.73. The maximum atomic E-state index is 14.0. The lowest BCUT2D eigenvalue weighted by atomic mass is 9.53. The molecule has 0 radical (unpaired) electrons. The Labute approximate surface area is 374 Å². The van der Waals surface area contributed by atoms with Gasteiger partial charge in [0.25, 0.3) is 0 Å². The number of rotatable bonds is 49. The van der Waals surface area contributed by atoms with E-state index in [1.165, 1.54) is 51.4 Å². The smallest absolute Gasteiger partial charge is 0.310 e. The summed E-state index contributed by atoms with van der Waals surface area (Å²) in [6, 6.07) is 0. The van der Waals surface area contributed by atoms with E-state index >= 15 is 0 Å². The van der Waals surface area contributed by atoms with Gasteiger partial charge in [-0.2, -0.15) is 0 Å². The Bertz CT molecular complexity index is 1190. The van der Waals surface area contributed by atoms with Gasteiger partial charge in [-0.1, -0.05) is 173 Å². The third-order valence-corrected chi connectivity index (χ3v) is 13.3. The predicted octanol–water partition coefficient (Wildman–Crippen LogP) is 13.9. The van der Waals surface area contributed by atoms with Gasteiger partial charge in [0.05, 0.1) is 5.41 Å². The van der Waals surface area contributed by atoms with Crippen LogP contribution in [0.4, 0.5) is 0 Å². The topological polar surface area (TPSA) is 224 Å². The highest BCUT2D eigenvalue weighted by atomic mass is 16.4. The van der Waals surface area contributed by atoms with E-state index in [4.69, 9.17) is 10.2 Å². The molecule has 12 heteroatoms. The summed E-state index contributed by atoms with van der Waals surface area (Å²) in [4.78, 5) is 69.5. The largest absolute Gasteiger partial charge is 0.481 e. The number of carboxylic acid groups (broad SMARTS) is 6. The third kappa shape index (κ3) is 32.5. The Morgan fingerprint density at radius 1 is 0.226 bits per heavy atom. The van der Waals surface area contributed by atoms with Gasteiger partial charge in [-0.3, -0.25) is 28.8 Å². The summed E-state index contributed by atoms with van der Waals surface area (Å²) < 4.78 is 0. The fourth-order valence-electron chi connectivity index (χ4n) is 9.70. The molecule has 6 N–H and O–H groups in total. The molecule has 0 fully saturated rings. The predicted molar refractivity (Wildman–Crippen MR) is 245 cm³/mol. The maximum Gasteiger partial charge on any atom is 0.310 e. The van der Waals surface area contributed by atoms with E-state index in [0.29, 0.717) is 64.2 Å². The number of carboxylic acids is 6. The molecule has 0 bridgehead atoms. The summed E-state index contributed by atoms with van der Waals surface area (Å²) in [5, 5.41) is 57.1. The van der Waals surface area contributed by atoms with Crippen LogP contribution in [0, 0.1) is 10.8 Å². The third-order valence-electron chi connectivity index (χ3n) is 13.3. The summed E-state index contributed by atoms with van der Waals surface area (Å²) in [5.74, 6) is -4.85. The molecule has 0 aromatic carbocycles. The second-order valence-electron chi connectivity index (χ2n) is 18.4. The lowest BCUT2D eigenvalue weighted by Crippen LogP contribution is -2.48. The molecule has 0 rings (SSSR count). The normalized spacial score (nSPS) is 13.4. The van der Waals surface area contributed by atoms with Gasteiger partial charge in [-0.15, -0.1) is 0 Å². The van der Waals surface area contributed by atoms with Crippen LogP contribution in [0.3, 0.4) is 0 Å². The Morgan fingerprint density at radius 3 is 0.613 bits per heavy atom. The van der Waals surface area contributed by atoms with Gasteiger partial charge in [0.2, 0.25) is 0 Å². The molecule has 0 saturated carbocycles.